The van der Waals surface area contributed by atoms with Crippen molar-refractivity contribution >= 4 is 13.3 Å². The van der Waals surface area contributed by atoms with E-state index < -0.39 is 8.07 Å². The third kappa shape index (κ3) is 4.34. The predicted molar refractivity (Wildman–Crippen MR) is 95.9 cm³/mol. The van der Waals surface area contributed by atoms with Gasteiger partial charge in [-0.2, -0.15) is 0 Å². The Bertz CT molecular complexity index is 661. The van der Waals surface area contributed by atoms with Crippen molar-refractivity contribution in [3.8, 4) is 11.8 Å². The van der Waals surface area contributed by atoms with E-state index in [1.54, 1.807) is 0 Å². The first-order valence-electron chi connectivity index (χ1n) is 7.59. The normalized spacial score (nSPS) is 11.1. The summed E-state index contributed by atoms with van der Waals surface area (Å²) in [6, 6.07) is 17.3. The topological polar surface area (TPSA) is 0 Å². The van der Waals surface area contributed by atoms with Gasteiger partial charge in [-0.3, -0.25) is 0 Å². The molecule has 0 nitrogen and oxygen atoms in total. The molecule has 0 radical (unpaired) electrons. The van der Waals surface area contributed by atoms with Gasteiger partial charge >= 0.3 is 0 Å². The highest BCUT2D eigenvalue weighted by Crippen LogP contribution is 2.15. The Balaban J connectivity index is 2.21. The lowest BCUT2D eigenvalue weighted by Gasteiger charge is -2.15. The molecule has 0 aliphatic carbocycles. The van der Waals surface area contributed by atoms with Gasteiger partial charge in [0.2, 0.25) is 0 Å². The van der Waals surface area contributed by atoms with Crippen LogP contribution in [0.25, 0.3) is 0 Å². The highest BCUT2D eigenvalue weighted by atomic mass is 28.3. The molecule has 0 atom stereocenters. The van der Waals surface area contributed by atoms with Crippen LogP contribution in [0.3, 0.4) is 0 Å². The molecule has 0 N–H and O–H groups in total. The Kier molecular flexibility index (Phi) is 4.70. The average molecular weight is 292 g/mol. The molecule has 0 heterocycles. The molecule has 0 spiro atoms. The summed E-state index contributed by atoms with van der Waals surface area (Å²) in [4.78, 5) is 0. The summed E-state index contributed by atoms with van der Waals surface area (Å²) in [7, 11) is -1.21. The second kappa shape index (κ2) is 6.33. The summed E-state index contributed by atoms with van der Waals surface area (Å²) in [5, 5.41) is 1.48. The van der Waals surface area contributed by atoms with Gasteiger partial charge in [0.25, 0.3) is 0 Å². The number of hydrogen-bond donors (Lipinski definition) is 0. The summed E-state index contributed by atoms with van der Waals surface area (Å²) in [6.07, 6.45) is 0. The van der Waals surface area contributed by atoms with E-state index in [0.717, 1.165) is 11.1 Å². The highest BCUT2D eigenvalue weighted by Gasteiger charge is 2.15. The maximum atomic E-state index is 3.28. The van der Waals surface area contributed by atoms with Crippen molar-refractivity contribution in [2.24, 2.45) is 0 Å². The predicted octanol–water partition coefficient (Wildman–Crippen LogP) is 4.76. The largest absolute Gasteiger partial charge is 0.0775 e. The minimum absolute atomic E-state index is 0.544. The fourth-order valence-corrected chi connectivity index (χ4v) is 3.34. The van der Waals surface area contributed by atoms with E-state index in [-0.39, 0.29) is 0 Å². The van der Waals surface area contributed by atoms with E-state index in [1.165, 1.54) is 10.8 Å². The van der Waals surface area contributed by atoms with Crippen molar-refractivity contribution < 1.29 is 0 Å². The minimum Gasteiger partial charge on any atom is -0.0656 e. The Morgan fingerprint density at radius 2 is 1.43 bits per heavy atom. The van der Waals surface area contributed by atoms with Crippen molar-refractivity contribution in [3.05, 3.63) is 65.2 Å². The van der Waals surface area contributed by atoms with Crippen LogP contribution in [0.15, 0.2) is 48.5 Å². The average Bonchev–Trinajstić information content (AvgIpc) is 2.45. The summed E-state index contributed by atoms with van der Waals surface area (Å²) < 4.78 is 0. The zero-order valence-corrected chi connectivity index (χ0v) is 14.7. The van der Waals surface area contributed by atoms with Crippen LogP contribution < -0.4 is 5.19 Å². The van der Waals surface area contributed by atoms with E-state index in [1.807, 2.05) is 0 Å². The first-order valence-corrected chi connectivity index (χ1v) is 11.1. The van der Waals surface area contributed by atoms with Crippen LogP contribution in [0.4, 0.5) is 0 Å². The van der Waals surface area contributed by atoms with Gasteiger partial charge in [0.1, 0.15) is 0 Å². The van der Waals surface area contributed by atoms with Gasteiger partial charge in [0.15, 0.2) is 0 Å². The monoisotopic (exact) mass is 292 g/mol. The quantitative estimate of drug-likeness (QED) is 0.553. The molecule has 0 bridgehead atoms. The lowest BCUT2D eigenvalue weighted by Crippen LogP contribution is -2.37. The van der Waals surface area contributed by atoms with E-state index in [9.17, 15) is 0 Å². The number of rotatable bonds is 2. The Morgan fingerprint density at radius 1 is 0.810 bits per heavy atom. The molecular weight excluding hydrogens is 268 g/mol. The van der Waals surface area contributed by atoms with E-state index in [2.05, 4.69) is 93.9 Å². The molecule has 108 valence electrons. The molecule has 0 aliphatic rings. The summed E-state index contributed by atoms with van der Waals surface area (Å²) >= 11 is 0. The molecular formula is C20H24Si. The van der Waals surface area contributed by atoms with E-state index in [4.69, 9.17) is 0 Å². The van der Waals surface area contributed by atoms with Crippen molar-refractivity contribution in [1.82, 2.24) is 0 Å². The fraction of sp³-hybridized carbons (Fsp3) is 0.300. The molecule has 21 heavy (non-hydrogen) atoms. The Hall–Kier alpha value is -1.78. The minimum atomic E-state index is -1.21. The number of hydrogen-bond acceptors (Lipinski definition) is 0. The number of benzene rings is 2. The highest BCUT2D eigenvalue weighted by molar-refractivity contribution is 6.88. The van der Waals surface area contributed by atoms with Crippen molar-refractivity contribution in [2.45, 2.75) is 39.4 Å². The van der Waals surface area contributed by atoms with Crippen LogP contribution in [0.2, 0.25) is 19.6 Å². The molecule has 2 aromatic rings. The van der Waals surface area contributed by atoms with Crippen molar-refractivity contribution in [3.63, 3.8) is 0 Å². The summed E-state index contributed by atoms with van der Waals surface area (Å²) in [6.45, 7) is 11.5. The van der Waals surface area contributed by atoms with Crippen LogP contribution in [0.1, 0.15) is 36.5 Å². The lowest BCUT2D eigenvalue weighted by molar-refractivity contribution is 0.866. The first kappa shape index (κ1) is 15.6. The van der Waals surface area contributed by atoms with Gasteiger partial charge < -0.3 is 0 Å². The van der Waals surface area contributed by atoms with Gasteiger partial charge in [-0.1, -0.05) is 74.8 Å². The molecule has 0 unspecified atom stereocenters. The van der Waals surface area contributed by atoms with Crippen LogP contribution in [0, 0.1) is 11.8 Å². The molecule has 2 aromatic carbocycles. The molecule has 0 saturated carbocycles. The smallest absolute Gasteiger partial charge is 0.0656 e. The fourth-order valence-electron chi connectivity index (χ4n) is 2.17. The second-order valence-corrected chi connectivity index (χ2v) is 11.9. The molecule has 0 amide bonds. The SMILES string of the molecule is CC(C)c1cccc(C#Cc2ccc([Si](C)(C)C)cc2)c1. The standard InChI is InChI=1S/C20H24Si/c1-16(2)19-8-6-7-18(15-19)10-9-17-11-13-20(14-12-17)21(3,4)5/h6-8,11-16H,1-5H3. The zero-order chi connectivity index (χ0) is 15.5. The van der Waals surface area contributed by atoms with Gasteiger partial charge in [-0.15, -0.1) is 0 Å². The molecule has 0 aromatic heterocycles. The van der Waals surface area contributed by atoms with Crippen LogP contribution in [-0.4, -0.2) is 8.07 Å². The van der Waals surface area contributed by atoms with Crippen LogP contribution in [0.5, 0.6) is 0 Å². The second-order valence-electron chi connectivity index (χ2n) is 6.86. The maximum Gasteiger partial charge on any atom is 0.0775 e. The summed E-state index contributed by atoms with van der Waals surface area (Å²) in [5.74, 6) is 7.09. The zero-order valence-electron chi connectivity index (χ0n) is 13.7. The van der Waals surface area contributed by atoms with E-state index in [0.29, 0.717) is 5.92 Å². The van der Waals surface area contributed by atoms with Crippen molar-refractivity contribution in [1.29, 1.82) is 0 Å². The van der Waals surface area contributed by atoms with Crippen molar-refractivity contribution in [2.75, 3.05) is 0 Å². The molecule has 0 saturated heterocycles. The molecule has 0 aliphatic heterocycles. The third-order valence-electron chi connectivity index (χ3n) is 3.66. The molecule has 1 heteroatoms. The van der Waals surface area contributed by atoms with Gasteiger partial charge in [0.05, 0.1) is 8.07 Å². The maximum absolute atomic E-state index is 3.28. The van der Waals surface area contributed by atoms with Crippen LogP contribution in [-0.2, 0) is 0 Å². The third-order valence-corrected chi connectivity index (χ3v) is 5.72. The van der Waals surface area contributed by atoms with Crippen LogP contribution >= 0.6 is 0 Å². The first-order chi connectivity index (χ1) is 9.86. The Labute approximate surface area is 130 Å². The van der Waals surface area contributed by atoms with Gasteiger partial charge in [-0.05, 0) is 35.7 Å². The van der Waals surface area contributed by atoms with Gasteiger partial charge in [-0.25, -0.2) is 0 Å². The Morgan fingerprint density at radius 3 is 2.00 bits per heavy atom. The molecule has 0 fully saturated rings. The summed E-state index contributed by atoms with van der Waals surface area (Å²) in [5.41, 5.74) is 3.53. The lowest BCUT2D eigenvalue weighted by atomic mass is 10.0. The van der Waals surface area contributed by atoms with E-state index >= 15 is 0 Å². The van der Waals surface area contributed by atoms with Gasteiger partial charge in [0, 0.05) is 11.1 Å². The molecule has 2 rings (SSSR count).